The number of nitrogens with one attached hydrogen (secondary N) is 2. The first-order chi connectivity index (χ1) is 8.92. The summed E-state index contributed by atoms with van der Waals surface area (Å²) < 4.78 is 5.12. The fourth-order valence-electron chi connectivity index (χ4n) is 2.06. The van der Waals surface area contributed by atoms with Crippen molar-refractivity contribution in [1.82, 2.24) is 10.6 Å². The molecule has 1 aliphatic rings. The van der Waals surface area contributed by atoms with Crippen molar-refractivity contribution in [3.8, 4) is 0 Å². The van der Waals surface area contributed by atoms with Gasteiger partial charge in [-0.2, -0.15) is 0 Å². The first-order valence-corrected chi connectivity index (χ1v) is 6.84. The Morgan fingerprint density at radius 2 is 2.11 bits per heavy atom. The largest absolute Gasteiger partial charge is 0.465 e. The first kappa shape index (κ1) is 15.9. The van der Waals surface area contributed by atoms with Crippen LogP contribution in [0.5, 0.6) is 0 Å². The van der Waals surface area contributed by atoms with Crippen LogP contribution in [-0.4, -0.2) is 43.2 Å². The van der Waals surface area contributed by atoms with Crippen molar-refractivity contribution in [2.24, 2.45) is 5.73 Å². The molecule has 0 radical (unpaired) electrons. The van der Waals surface area contributed by atoms with E-state index in [0.717, 1.165) is 12.8 Å². The van der Waals surface area contributed by atoms with E-state index in [9.17, 15) is 9.59 Å². The Hall–Kier alpha value is -1.14. The molecule has 2 atom stereocenters. The minimum Gasteiger partial charge on any atom is -0.465 e. The number of primary amides is 1. The van der Waals surface area contributed by atoms with Crippen LogP contribution in [0.15, 0.2) is 0 Å². The molecule has 6 heteroatoms. The highest BCUT2D eigenvalue weighted by Crippen LogP contribution is 2.26. The zero-order valence-corrected chi connectivity index (χ0v) is 12.0. The SMILES string of the molecule is CCOC(=O)C(C)(CCC(NC)C(N)=O)NC1CC1. The van der Waals surface area contributed by atoms with E-state index in [1.165, 1.54) is 0 Å². The van der Waals surface area contributed by atoms with Crippen LogP contribution in [-0.2, 0) is 14.3 Å². The molecule has 2 unspecified atom stereocenters. The maximum atomic E-state index is 12.1. The summed E-state index contributed by atoms with van der Waals surface area (Å²) in [6.45, 7) is 3.97. The molecule has 4 N–H and O–H groups in total. The number of hydrogen-bond acceptors (Lipinski definition) is 5. The molecule has 0 bridgehead atoms. The molecular formula is C13H25N3O3. The molecular weight excluding hydrogens is 246 g/mol. The lowest BCUT2D eigenvalue weighted by atomic mass is 9.92. The fraction of sp³-hybridized carbons (Fsp3) is 0.846. The van der Waals surface area contributed by atoms with Gasteiger partial charge in [0.15, 0.2) is 0 Å². The topological polar surface area (TPSA) is 93.4 Å². The van der Waals surface area contributed by atoms with Crippen molar-refractivity contribution in [3.05, 3.63) is 0 Å². The van der Waals surface area contributed by atoms with E-state index >= 15 is 0 Å². The summed E-state index contributed by atoms with van der Waals surface area (Å²) in [5.74, 6) is -0.665. The molecule has 0 saturated heterocycles. The molecule has 0 heterocycles. The minimum absolute atomic E-state index is 0.263. The number of carbonyl (C=O) groups is 2. The van der Waals surface area contributed by atoms with E-state index in [1.54, 1.807) is 14.0 Å². The molecule has 1 aliphatic carbocycles. The number of esters is 1. The second kappa shape index (κ2) is 6.86. The number of rotatable bonds is 9. The molecule has 1 rings (SSSR count). The number of likely N-dealkylation sites (N-methyl/N-ethyl adjacent to an activating group) is 1. The Balaban J connectivity index is 2.62. The van der Waals surface area contributed by atoms with Gasteiger partial charge in [-0.3, -0.25) is 14.9 Å². The normalized spacial score (nSPS) is 19.5. The number of nitrogens with two attached hydrogens (primary N) is 1. The Morgan fingerprint density at radius 3 is 2.53 bits per heavy atom. The van der Waals surface area contributed by atoms with Gasteiger partial charge < -0.3 is 15.8 Å². The smallest absolute Gasteiger partial charge is 0.326 e. The minimum atomic E-state index is -0.748. The monoisotopic (exact) mass is 271 g/mol. The highest BCUT2D eigenvalue weighted by atomic mass is 16.5. The van der Waals surface area contributed by atoms with Gasteiger partial charge in [-0.05, 0) is 46.6 Å². The quantitative estimate of drug-likeness (QED) is 0.510. The standard InChI is InChI=1S/C13H25N3O3/c1-4-19-12(18)13(2,16-9-5-6-9)8-7-10(15-3)11(14)17/h9-10,15-16H,4-8H2,1-3H3,(H2,14,17). The fourth-order valence-corrected chi connectivity index (χ4v) is 2.06. The molecule has 0 aliphatic heterocycles. The van der Waals surface area contributed by atoms with E-state index in [0.29, 0.717) is 25.5 Å². The number of carbonyl (C=O) groups excluding carboxylic acids is 2. The third kappa shape index (κ3) is 4.80. The lowest BCUT2D eigenvalue weighted by molar-refractivity contribution is -0.151. The Kier molecular flexibility index (Phi) is 5.75. The van der Waals surface area contributed by atoms with Gasteiger partial charge in [0.25, 0.3) is 0 Å². The second-order valence-electron chi connectivity index (χ2n) is 5.25. The van der Waals surface area contributed by atoms with Crippen LogP contribution in [0.1, 0.15) is 39.5 Å². The van der Waals surface area contributed by atoms with Gasteiger partial charge in [0, 0.05) is 6.04 Å². The van der Waals surface area contributed by atoms with Crippen LogP contribution >= 0.6 is 0 Å². The zero-order chi connectivity index (χ0) is 14.5. The van der Waals surface area contributed by atoms with Crippen molar-refractivity contribution < 1.29 is 14.3 Å². The van der Waals surface area contributed by atoms with Crippen LogP contribution in [0, 0.1) is 0 Å². The maximum absolute atomic E-state index is 12.1. The van der Waals surface area contributed by atoms with Crippen molar-refractivity contribution in [2.45, 2.75) is 57.2 Å². The molecule has 1 amide bonds. The van der Waals surface area contributed by atoms with Crippen molar-refractivity contribution in [3.63, 3.8) is 0 Å². The summed E-state index contributed by atoms with van der Waals surface area (Å²) in [6.07, 6.45) is 3.18. The molecule has 1 saturated carbocycles. The molecule has 19 heavy (non-hydrogen) atoms. The highest BCUT2D eigenvalue weighted by molar-refractivity contribution is 5.81. The first-order valence-electron chi connectivity index (χ1n) is 6.84. The molecule has 1 fully saturated rings. The summed E-state index contributed by atoms with van der Waals surface area (Å²) in [5.41, 5.74) is 4.54. The molecule has 0 aromatic heterocycles. The summed E-state index contributed by atoms with van der Waals surface area (Å²) >= 11 is 0. The summed E-state index contributed by atoms with van der Waals surface area (Å²) in [7, 11) is 1.69. The molecule has 110 valence electrons. The van der Waals surface area contributed by atoms with E-state index < -0.39 is 17.5 Å². The van der Waals surface area contributed by atoms with Crippen LogP contribution < -0.4 is 16.4 Å². The van der Waals surface area contributed by atoms with Gasteiger partial charge in [0.2, 0.25) is 5.91 Å². The molecule has 0 spiro atoms. The Bertz CT molecular complexity index is 331. The summed E-state index contributed by atoms with van der Waals surface area (Å²) in [5, 5.41) is 6.18. The van der Waals surface area contributed by atoms with Gasteiger partial charge in [-0.15, -0.1) is 0 Å². The van der Waals surface area contributed by atoms with Crippen LogP contribution in [0.25, 0.3) is 0 Å². The van der Waals surface area contributed by atoms with Gasteiger partial charge in [-0.25, -0.2) is 0 Å². The van der Waals surface area contributed by atoms with Crippen molar-refractivity contribution in [2.75, 3.05) is 13.7 Å². The number of amides is 1. The van der Waals surface area contributed by atoms with Gasteiger partial charge in [-0.1, -0.05) is 0 Å². The molecule has 0 aromatic carbocycles. The van der Waals surface area contributed by atoms with E-state index in [1.807, 2.05) is 6.92 Å². The number of hydrogen-bond donors (Lipinski definition) is 3. The summed E-state index contributed by atoms with van der Waals surface area (Å²) in [6, 6.07) is -0.0363. The lowest BCUT2D eigenvalue weighted by Crippen LogP contribution is -2.53. The Labute approximate surface area is 114 Å². The second-order valence-corrected chi connectivity index (χ2v) is 5.25. The zero-order valence-electron chi connectivity index (χ0n) is 12.0. The Morgan fingerprint density at radius 1 is 1.47 bits per heavy atom. The van der Waals surface area contributed by atoms with E-state index in [-0.39, 0.29) is 5.97 Å². The summed E-state index contributed by atoms with van der Waals surface area (Å²) in [4.78, 5) is 23.3. The van der Waals surface area contributed by atoms with Crippen LogP contribution in [0.2, 0.25) is 0 Å². The van der Waals surface area contributed by atoms with Gasteiger partial charge >= 0.3 is 5.97 Å². The number of ether oxygens (including phenoxy) is 1. The van der Waals surface area contributed by atoms with E-state index in [2.05, 4.69) is 10.6 Å². The van der Waals surface area contributed by atoms with Crippen molar-refractivity contribution >= 4 is 11.9 Å². The highest BCUT2D eigenvalue weighted by Gasteiger charge is 2.39. The van der Waals surface area contributed by atoms with Crippen LogP contribution in [0.3, 0.4) is 0 Å². The van der Waals surface area contributed by atoms with Crippen molar-refractivity contribution in [1.29, 1.82) is 0 Å². The predicted molar refractivity (Wildman–Crippen MR) is 72.5 cm³/mol. The van der Waals surface area contributed by atoms with E-state index in [4.69, 9.17) is 10.5 Å². The maximum Gasteiger partial charge on any atom is 0.326 e. The third-order valence-corrected chi connectivity index (χ3v) is 3.45. The molecule has 0 aromatic rings. The third-order valence-electron chi connectivity index (χ3n) is 3.45. The molecule has 6 nitrogen and oxygen atoms in total. The van der Waals surface area contributed by atoms with Gasteiger partial charge in [0.05, 0.1) is 12.6 Å². The average Bonchev–Trinajstić information content (AvgIpc) is 3.13. The average molecular weight is 271 g/mol. The van der Waals surface area contributed by atoms with Crippen LogP contribution in [0.4, 0.5) is 0 Å². The van der Waals surface area contributed by atoms with Gasteiger partial charge in [0.1, 0.15) is 5.54 Å². The lowest BCUT2D eigenvalue weighted by Gasteiger charge is -2.29. The predicted octanol–water partition coefficient (Wildman–Crippen LogP) is -0.0863.